The van der Waals surface area contributed by atoms with Gasteiger partial charge in [-0.05, 0) is 11.6 Å². The van der Waals surface area contributed by atoms with Crippen molar-refractivity contribution in [1.29, 1.82) is 0 Å². The smallest absolute Gasteiger partial charge is 0.328 e. The molecule has 0 unspecified atom stereocenters. The van der Waals surface area contributed by atoms with E-state index < -0.39 is 11.2 Å². The van der Waals surface area contributed by atoms with Crippen molar-refractivity contribution in [3.05, 3.63) is 110 Å². The molecule has 2 aromatic heterocycles. The van der Waals surface area contributed by atoms with Crippen molar-refractivity contribution in [3.8, 4) is 11.3 Å². The molecule has 2 aromatic carbocycles. The molecule has 2 heterocycles. The molecule has 1 N–H and O–H groups in total. The molecule has 0 saturated carbocycles. The van der Waals surface area contributed by atoms with E-state index in [9.17, 15) is 14.4 Å². The lowest BCUT2D eigenvalue weighted by Gasteiger charge is -2.17. The predicted molar refractivity (Wildman–Crippen MR) is 126 cm³/mol. The molecule has 0 aliphatic heterocycles. The van der Waals surface area contributed by atoms with Crippen molar-refractivity contribution < 1.29 is 4.79 Å². The molecular formula is C24H22ClN5O3. The molecule has 0 aliphatic carbocycles. The lowest BCUT2D eigenvalue weighted by atomic mass is 10.1. The average molecular weight is 464 g/mol. The fourth-order valence-corrected chi connectivity index (χ4v) is 3.67. The van der Waals surface area contributed by atoms with Crippen molar-refractivity contribution in [2.75, 3.05) is 7.05 Å². The highest BCUT2D eigenvalue weighted by molar-refractivity contribution is 6.31. The summed E-state index contributed by atoms with van der Waals surface area (Å²) >= 11 is 6.32. The maximum atomic E-state index is 12.8. The van der Waals surface area contributed by atoms with E-state index in [4.69, 9.17) is 16.7 Å². The third-order valence-corrected chi connectivity index (χ3v) is 5.58. The summed E-state index contributed by atoms with van der Waals surface area (Å²) in [5, 5.41) is 5.42. The van der Waals surface area contributed by atoms with Crippen molar-refractivity contribution in [2.45, 2.75) is 19.6 Å². The first-order chi connectivity index (χ1) is 15.9. The lowest BCUT2D eigenvalue weighted by Crippen LogP contribution is -2.36. The second kappa shape index (κ2) is 9.70. The standard InChI is InChI=1S/C24H22ClN5O3/c1-28(22(32)16-29-12-11-21(31)26-24(29)33)13-19-15-30(14-18-9-5-6-10-20(18)25)27-23(19)17-7-3-2-4-8-17/h2-12,15H,13-14,16H2,1H3,(H,26,31,33). The summed E-state index contributed by atoms with van der Waals surface area (Å²) in [6.07, 6.45) is 3.21. The number of halogens is 1. The van der Waals surface area contributed by atoms with Gasteiger partial charge in [-0.25, -0.2) is 4.79 Å². The van der Waals surface area contributed by atoms with Gasteiger partial charge in [-0.1, -0.05) is 60.1 Å². The van der Waals surface area contributed by atoms with Gasteiger partial charge in [0.25, 0.3) is 5.56 Å². The quantitative estimate of drug-likeness (QED) is 0.456. The molecule has 33 heavy (non-hydrogen) atoms. The van der Waals surface area contributed by atoms with E-state index in [0.717, 1.165) is 22.4 Å². The number of nitrogens with one attached hydrogen (secondary N) is 1. The van der Waals surface area contributed by atoms with E-state index in [2.05, 4.69) is 4.98 Å². The number of nitrogens with zero attached hydrogens (tertiary/aromatic N) is 4. The number of carbonyl (C=O) groups is 1. The molecule has 9 heteroatoms. The van der Waals surface area contributed by atoms with Crippen LogP contribution in [-0.4, -0.2) is 37.2 Å². The number of benzene rings is 2. The Morgan fingerprint density at radius 1 is 1.03 bits per heavy atom. The van der Waals surface area contributed by atoms with Gasteiger partial charge in [0.1, 0.15) is 6.54 Å². The summed E-state index contributed by atoms with van der Waals surface area (Å²) in [5.74, 6) is -0.276. The number of H-pyrrole nitrogens is 1. The Labute approximate surface area is 194 Å². The van der Waals surface area contributed by atoms with Crippen LogP contribution in [0.5, 0.6) is 0 Å². The van der Waals surface area contributed by atoms with E-state index >= 15 is 0 Å². The van der Waals surface area contributed by atoms with Gasteiger partial charge in [0, 0.05) is 48.2 Å². The van der Waals surface area contributed by atoms with Crippen molar-refractivity contribution in [2.24, 2.45) is 0 Å². The van der Waals surface area contributed by atoms with Crippen molar-refractivity contribution >= 4 is 17.5 Å². The van der Waals surface area contributed by atoms with Crippen LogP contribution in [0.3, 0.4) is 0 Å². The van der Waals surface area contributed by atoms with Gasteiger partial charge in [0.05, 0.1) is 12.2 Å². The monoisotopic (exact) mass is 463 g/mol. The Morgan fingerprint density at radius 3 is 2.48 bits per heavy atom. The van der Waals surface area contributed by atoms with Crippen LogP contribution >= 0.6 is 11.6 Å². The average Bonchev–Trinajstić information content (AvgIpc) is 3.20. The van der Waals surface area contributed by atoms with E-state index in [1.165, 1.54) is 21.7 Å². The van der Waals surface area contributed by atoms with Crippen LogP contribution in [0, 0.1) is 0 Å². The van der Waals surface area contributed by atoms with Crippen LogP contribution in [0.15, 0.2) is 82.6 Å². The molecule has 168 valence electrons. The summed E-state index contributed by atoms with van der Waals surface area (Å²) < 4.78 is 2.97. The third kappa shape index (κ3) is 5.30. The summed E-state index contributed by atoms with van der Waals surface area (Å²) in [6, 6.07) is 18.5. The number of aromatic nitrogens is 4. The Morgan fingerprint density at radius 2 is 1.76 bits per heavy atom. The minimum Gasteiger partial charge on any atom is -0.340 e. The third-order valence-electron chi connectivity index (χ3n) is 5.21. The SMILES string of the molecule is CN(Cc1cn(Cc2ccccc2Cl)nc1-c1ccccc1)C(=O)Cn1ccc(=O)[nH]c1=O. The largest absolute Gasteiger partial charge is 0.340 e. The van der Waals surface area contributed by atoms with Crippen LogP contribution in [-0.2, 0) is 24.4 Å². The fraction of sp³-hybridized carbons (Fsp3) is 0.167. The summed E-state index contributed by atoms with van der Waals surface area (Å²) in [4.78, 5) is 39.6. The Balaban J connectivity index is 1.59. The minimum absolute atomic E-state index is 0.180. The van der Waals surface area contributed by atoms with E-state index in [-0.39, 0.29) is 12.5 Å². The van der Waals surface area contributed by atoms with Crippen molar-refractivity contribution in [3.63, 3.8) is 0 Å². The predicted octanol–water partition coefficient (Wildman–Crippen LogP) is 2.76. The van der Waals surface area contributed by atoms with Crippen LogP contribution in [0.1, 0.15) is 11.1 Å². The van der Waals surface area contributed by atoms with Crippen LogP contribution in [0.4, 0.5) is 0 Å². The summed E-state index contributed by atoms with van der Waals surface area (Å²) in [7, 11) is 1.67. The molecule has 1 amide bonds. The number of hydrogen-bond donors (Lipinski definition) is 1. The number of aromatic amines is 1. The maximum Gasteiger partial charge on any atom is 0.328 e. The molecule has 4 rings (SSSR count). The zero-order chi connectivity index (χ0) is 23.4. The maximum absolute atomic E-state index is 12.8. The molecular weight excluding hydrogens is 442 g/mol. The first-order valence-corrected chi connectivity index (χ1v) is 10.7. The summed E-state index contributed by atoms with van der Waals surface area (Å²) in [5.41, 5.74) is 2.37. The van der Waals surface area contributed by atoms with Crippen LogP contribution in [0.2, 0.25) is 5.02 Å². The highest BCUT2D eigenvalue weighted by atomic mass is 35.5. The number of hydrogen-bond acceptors (Lipinski definition) is 4. The van der Waals surface area contributed by atoms with Gasteiger partial charge in [-0.2, -0.15) is 5.10 Å². The van der Waals surface area contributed by atoms with Gasteiger partial charge >= 0.3 is 5.69 Å². The molecule has 4 aromatic rings. The molecule has 8 nitrogen and oxygen atoms in total. The fourth-order valence-electron chi connectivity index (χ4n) is 3.48. The molecule has 0 spiro atoms. The molecule has 0 fully saturated rings. The lowest BCUT2D eigenvalue weighted by molar-refractivity contribution is -0.131. The van der Waals surface area contributed by atoms with Crippen LogP contribution in [0.25, 0.3) is 11.3 Å². The number of carbonyl (C=O) groups excluding carboxylic acids is 1. The van der Waals surface area contributed by atoms with E-state index in [1.54, 1.807) is 7.05 Å². The minimum atomic E-state index is -0.623. The van der Waals surface area contributed by atoms with Gasteiger partial charge in [0.2, 0.25) is 5.91 Å². The molecule has 0 atom stereocenters. The van der Waals surface area contributed by atoms with Crippen molar-refractivity contribution in [1.82, 2.24) is 24.2 Å². The number of amides is 1. The second-order valence-corrected chi connectivity index (χ2v) is 8.05. The molecule has 0 bridgehead atoms. The zero-order valence-electron chi connectivity index (χ0n) is 17.9. The highest BCUT2D eigenvalue weighted by Crippen LogP contribution is 2.24. The topological polar surface area (TPSA) is 93.0 Å². The van der Waals surface area contributed by atoms with Gasteiger partial charge in [-0.15, -0.1) is 0 Å². The Hall–Kier alpha value is -3.91. The zero-order valence-corrected chi connectivity index (χ0v) is 18.7. The normalized spacial score (nSPS) is 10.8. The van der Waals surface area contributed by atoms with Gasteiger partial charge in [-0.3, -0.25) is 23.8 Å². The van der Waals surface area contributed by atoms with E-state index in [1.807, 2.05) is 65.5 Å². The number of rotatable bonds is 7. The molecule has 0 saturated heterocycles. The number of likely N-dealkylation sites (N-methyl/N-ethyl adjacent to an activating group) is 1. The molecule has 0 radical (unpaired) electrons. The second-order valence-electron chi connectivity index (χ2n) is 7.65. The Bertz CT molecular complexity index is 1390. The Kier molecular flexibility index (Phi) is 6.55. The van der Waals surface area contributed by atoms with E-state index in [0.29, 0.717) is 18.1 Å². The van der Waals surface area contributed by atoms with Crippen LogP contribution < -0.4 is 11.2 Å². The van der Waals surface area contributed by atoms with Gasteiger partial charge < -0.3 is 4.90 Å². The molecule has 0 aliphatic rings. The first-order valence-electron chi connectivity index (χ1n) is 10.3. The first kappa shape index (κ1) is 22.3. The van der Waals surface area contributed by atoms with Gasteiger partial charge in [0.15, 0.2) is 0 Å². The highest BCUT2D eigenvalue weighted by Gasteiger charge is 2.17. The summed E-state index contributed by atoms with van der Waals surface area (Å²) in [6.45, 7) is 0.605.